The van der Waals surface area contributed by atoms with E-state index in [-0.39, 0.29) is 41.5 Å². The number of hydrogen-bond donors (Lipinski definition) is 3. The van der Waals surface area contributed by atoms with Crippen LogP contribution in [0, 0.1) is 40.8 Å². The van der Waals surface area contributed by atoms with E-state index >= 15 is 0 Å². The van der Waals surface area contributed by atoms with E-state index in [1.54, 1.807) is 17.9 Å². The minimum absolute atomic E-state index is 0.0548. The number of anilines is 1. The summed E-state index contributed by atoms with van der Waals surface area (Å²) in [7, 11) is 1.76. The predicted molar refractivity (Wildman–Crippen MR) is 151 cm³/mol. The van der Waals surface area contributed by atoms with Gasteiger partial charge in [-0.3, -0.25) is 4.79 Å². The number of aromatic nitrogens is 2. The summed E-state index contributed by atoms with van der Waals surface area (Å²) in [4.78, 5) is 17.7. The van der Waals surface area contributed by atoms with Gasteiger partial charge < -0.3 is 20.1 Å². The van der Waals surface area contributed by atoms with E-state index in [0.29, 0.717) is 29.9 Å². The van der Waals surface area contributed by atoms with E-state index in [9.17, 15) is 24.7 Å². The van der Waals surface area contributed by atoms with Crippen LogP contribution in [0.15, 0.2) is 54.9 Å². The van der Waals surface area contributed by atoms with Gasteiger partial charge >= 0.3 is 0 Å². The summed E-state index contributed by atoms with van der Waals surface area (Å²) < 4.78 is 15.2. The zero-order valence-electron chi connectivity index (χ0n) is 22.6. The third kappa shape index (κ3) is 5.02. The molecule has 7 nitrogen and oxygen atoms in total. The molecule has 1 heterocycles. The molecule has 2 unspecified atom stereocenters. The van der Waals surface area contributed by atoms with E-state index < -0.39 is 22.4 Å². The number of carbonyl (C=O) groups excluding carboxylic acids is 1. The number of aryl methyl sites for hydroxylation is 1. The fourth-order valence-corrected chi connectivity index (χ4v) is 7.33. The molecule has 3 N–H and O–H groups in total. The lowest BCUT2D eigenvalue weighted by Crippen LogP contribution is -2.53. The number of nitriles is 1. The first-order chi connectivity index (χ1) is 19.5. The zero-order chi connectivity index (χ0) is 29.0. The number of benzene rings is 2. The molecule has 3 fully saturated rings. The summed E-state index contributed by atoms with van der Waals surface area (Å²) in [6.45, 7) is 0. The van der Waals surface area contributed by atoms with Crippen LogP contribution in [0.2, 0.25) is 5.02 Å². The summed E-state index contributed by atoms with van der Waals surface area (Å²) in [5, 5.41) is 34.9. The molecule has 6 rings (SSSR count). The largest absolute Gasteiger partial charge is 0.378 e. The SMILES string of the molecule is Cn1cnc(C2CC3CC(O)(C#CC4(O)CC(C#N)(c5ccccc5)C4)CC3C2)c1C(=O)Nc1ccc(F)c(Cl)c1. The van der Waals surface area contributed by atoms with Crippen molar-refractivity contribution in [1.82, 2.24) is 9.55 Å². The first-order valence-corrected chi connectivity index (χ1v) is 14.1. The van der Waals surface area contributed by atoms with Gasteiger partial charge in [-0.1, -0.05) is 53.8 Å². The average molecular weight is 573 g/mol. The van der Waals surface area contributed by atoms with Gasteiger partial charge in [0.2, 0.25) is 0 Å². The normalized spacial score (nSPS) is 31.9. The number of nitrogens with zero attached hydrogens (tertiary/aromatic N) is 3. The van der Waals surface area contributed by atoms with E-state index in [4.69, 9.17) is 11.6 Å². The standard InChI is InChI=1S/C32H30ClFN4O3/c1-38-19-36-27(28(38)29(39)37-24-7-8-26(34)25(33)13-24)20-11-21-14-31(40,15-22(21)12-20)9-10-32(41)16-30(17-32,18-35)23-5-3-2-4-6-23/h2-8,13,19-22,40-41H,11-12,14-17H2,1H3,(H,37,39). The van der Waals surface area contributed by atoms with Gasteiger partial charge in [-0.15, -0.1) is 0 Å². The van der Waals surface area contributed by atoms with E-state index in [1.807, 2.05) is 30.3 Å². The number of carbonyl (C=O) groups is 1. The van der Waals surface area contributed by atoms with Crippen LogP contribution in [0.4, 0.5) is 10.1 Å². The number of hydrogen-bond acceptors (Lipinski definition) is 5. The fraction of sp³-hybridized carbons (Fsp3) is 0.406. The van der Waals surface area contributed by atoms with Gasteiger partial charge in [0.25, 0.3) is 5.91 Å². The Balaban J connectivity index is 1.11. The molecule has 2 atom stereocenters. The molecular formula is C32H30ClFN4O3. The molecule has 0 saturated heterocycles. The number of nitrogens with one attached hydrogen (secondary N) is 1. The highest BCUT2D eigenvalue weighted by Gasteiger charge is 2.55. The van der Waals surface area contributed by atoms with E-state index in [1.165, 1.54) is 18.2 Å². The summed E-state index contributed by atoms with van der Waals surface area (Å²) in [5.74, 6) is 5.50. The lowest BCUT2D eigenvalue weighted by molar-refractivity contribution is -0.0214. The maximum atomic E-state index is 13.5. The molecule has 9 heteroatoms. The highest BCUT2D eigenvalue weighted by atomic mass is 35.5. The van der Waals surface area contributed by atoms with Crippen LogP contribution >= 0.6 is 11.6 Å². The second kappa shape index (κ2) is 9.99. The van der Waals surface area contributed by atoms with Crippen molar-refractivity contribution in [3.8, 4) is 17.9 Å². The Morgan fingerprint density at radius 3 is 2.39 bits per heavy atom. The maximum Gasteiger partial charge on any atom is 0.274 e. The Morgan fingerprint density at radius 2 is 1.76 bits per heavy atom. The van der Waals surface area contributed by atoms with Crippen LogP contribution < -0.4 is 5.32 Å². The van der Waals surface area contributed by atoms with Crippen LogP contribution in [0.1, 0.15) is 66.2 Å². The summed E-state index contributed by atoms with van der Waals surface area (Å²) in [6.07, 6.45) is 4.56. The van der Waals surface area contributed by atoms with Crippen LogP contribution in [-0.4, -0.2) is 36.9 Å². The van der Waals surface area contributed by atoms with Crippen molar-refractivity contribution in [1.29, 1.82) is 5.26 Å². The van der Waals surface area contributed by atoms with Crippen molar-refractivity contribution in [2.75, 3.05) is 5.32 Å². The Hall–Kier alpha value is -3.69. The molecule has 0 aliphatic heterocycles. The van der Waals surface area contributed by atoms with E-state index in [2.05, 4.69) is 28.2 Å². The molecule has 1 amide bonds. The van der Waals surface area contributed by atoms with Crippen LogP contribution in [0.3, 0.4) is 0 Å². The summed E-state index contributed by atoms with van der Waals surface area (Å²) in [6, 6.07) is 15.8. The Morgan fingerprint density at radius 1 is 1.10 bits per heavy atom. The molecule has 3 aliphatic carbocycles. The molecule has 210 valence electrons. The highest BCUT2D eigenvalue weighted by Crippen LogP contribution is 2.54. The maximum absolute atomic E-state index is 13.5. The lowest BCUT2D eigenvalue weighted by atomic mass is 9.57. The quantitative estimate of drug-likeness (QED) is 0.377. The van der Waals surface area contributed by atoms with Crippen LogP contribution in [0.25, 0.3) is 0 Å². The molecule has 0 spiro atoms. The Kier molecular flexibility index (Phi) is 6.70. The molecule has 0 radical (unpaired) electrons. The van der Waals surface area contributed by atoms with Crippen molar-refractivity contribution in [3.63, 3.8) is 0 Å². The van der Waals surface area contributed by atoms with Crippen molar-refractivity contribution in [2.24, 2.45) is 18.9 Å². The number of amides is 1. The van der Waals surface area contributed by atoms with Gasteiger partial charge in [-0.25, -0.2) is 9.37 Å². The van der Waals surface area contributed by atoms with E-state index in [0.717, 1.165) is 18.4 Å². The Bertz CT molecular complexity index is 1600. The van der Waals surface area contributed by atoms with Crippen LogP contribution in [0.5, 0.6) is 0 Å². The Labute approximate surface area is 243 Å². The number of halogens is 2. The smallest absolute Gasteiger partial charge is 0.274 e. The third-order valence-electron chi connectivity index (χ3n) is 9.04. The monoisotopic (exact) mass is 572 g/mol. The number of rotatable bonds is 4. The van der Waals surface area contributed by atoms with Gasteiger partial charge in [0.15, 0.2) is 0 Å². The van der Waals surface area contributed by atoms with Gasteiger partial charge in [0.1, 0.15) is 22.7 Å². The molecule has 3 aliphatic rings. The summed E-state index contributed by atoms with van der Waals surface area (Å²) in [5.41, 5.74) is -0.839. The second-order valence-corrected chi connectivity index (χ2v) is 12.4. The molecule has 41 heavy (non-hydrogen) atoms. The van der Waals surface area contributed by atoms with Gasteiger partial charge in [-0.05, 0) is 61.3 Å². The average Bonchev–Trinajstić information content (AvgIpc) is 3.59. The zero-order valence-corrected chi connectivity index (χ0v) is 23.3. The van der Waals surface area contributed by atoms with Crippen molar-refractivity contribution >= 4 is 23.2 Å². The lowest BCUT2D eigenvalue weighted by Gasteiger charge is -2.46. The molecule has 0 bridgehead atoms. The van der Waals surface area contributed by atoms with Crippen molar-refractivity contribution in [3.05, 3.63) is 82.6 Å². The second-order valence-electron chi connectivity index (χ2n) is 12.0. The topological polar surface area (TPSA) is 111 Å². The van der Waals surface area contributed by atoms with Crippen LogP contribution in [-0.2, 0) is 12.5 Å². The van der Waals surface area contributed by atoms with Gasteiger partial charge in [0.05, 0.1) is 28.5 Å². The third-order valence-corrected chi connectivity index (χ3v) is 9.33. The molecule has 3 saturated carbocycles. The number of aliphatic hydroxyl groups is 2. The highest BCUT2D eigenvalue weighted by molar-refractivity contribution is 6.31. The number of fused-ring (bicyclic) bond motifs is 1. The summed E-state index contributed by atoms with van der Waals surface area (Å²) >= 11 is 5.87. The fourth-order valence-electron chi connectivity index (χ4n) is 7.15. The molecule has 1 aromatic heterocycles. The molecule has 2 aromatic carbocycles. The predicted octanol–water partition coefficient (Wildman–Crippen LogP) is 5.09. The minimum atomic E-state index is -1.30. The molecule has 3 aromatic rings. The molecular weight excluding hydrogens is 543 g/mol. The van der Waals surface area contributed by atoms with Gasteiger partial charge in [0, 0.05) is 31.5 Å². The number of imidazole rings is 1. The van der Waals surface area contributed by atoms with Crippen molar-refractivity contribution < 1.29 is 19.4 Å². The first-order valence-electron chi connectivity index (χ1n) is 13.8. The minimum Gasteiger partial charge on any atom is -0.378 e. The first kappa shape index (κ1) is 27.5. The van der Waals surface area contributed by atoms with Crippen molar-refractivity contribution in [2.45, 2.75) is 61.1 Å². The van der Waals surface area contributed by atoms with Gasteiger partial charge in [-0.2, -0.15) is 5.26 Å².